The van der Waals surface area contributed by atoms with Crippen molar-refractivity contribution in [2.45, 2.75) is 0 Å². The summed E-state index contributed by atoms with van der Waals surface area (Å²) in [5, 5.41) is 17.0. The quantitative estimate of drug-likeness (QED) is 0.602. The van der Waals surface area contributed by atoms with E-state index in [1.54, 1.807) is 7.05 Å². The van der Waals surface area contributed by atoms with Gasteiger partial charge in [0.15, 0.2) is 5.69 Å². The summed E-state index contributed by atoms with van der Waals surface area (Å²) < 4.78 is 29.3. The van der Waals surface area contributed by atoms with Crippen LogP contribution in [0.2, 0.25) is 5.15 Å². The fraction of sp³-hybridized carbons (Fsp3) is 0.0667. The van der Waals surface area contributed by atoms with Crippen molar-refractivity contribution in [1.82, 2.24) is 14.8 Å². The van der Waals surface area contributed by atoms with E-state index in [0.717, 1.165) is 12.1 Å². The topological polar surface area (TPSA) is 109 Å². The number of thiazole rings is 1. The summed E-state index contributed by atoms with van der Waals surface area (Å²) in [6.07, 6.45) is -0.179. The van der Waals surface area contributed by atoms with Gasteiger partial charge in [-0.15, -0.1) is 0 Å². The fourth-order valence-corrected chi connectivity index (χ4v) is 3.29. The molecule has 3 rings (SSSR count). The van der Waals surface area contributed by atoms with E-state index < -0.39 is 29.2 Å². The highest BCUT2D eigenvalue weighted by Crippen LogP contribution is 2.35. The van der Waals surface area contributed by atoms with Crippen LogP contribution in [-0.4, -0.2) is 31.9 Å². The molecular formula is C15H10ClF2N5O3S. The van der Waals surface area contributed by atoms with E-state index >= 15 is 0 Å². The monoisotopic (exact) mass is 413 g/mol. The predicted octanol–water partition coefficient (Wildman–Crippen LogP) is 3.82. The van der Waals surface area contributed by atoms with Crippen LogP contribution in [0.15, 0.2) is 24.4 Å². The second-order valence-corrected chi connectivity index (χ2v) is 6.51. The Morgan fingerprint density at radius 3 is 2.48 bits per heavy atom. The van der Waals surface area contributed by atoms with E-state index in [0.29, 0.717) is 11.3 Å². The molecule has 27 heavy (non-hydrogen) atoms. The fourth-order valence-electron chi connectivity index (χ4n) is 2.15. The smallest absolute Gasteiger partial charge is 0.409 e. The van der Waals surface area contributed by atoms with Crippen molar-refractivity contribution < 1.29 is 23.5 Å². The van der Waals surface area contributed by atoms with Crippen molar-refractivity contribution in [2.75, 3.05) is 10.6 Å². The first-order chi connectivity index (χ1) is 12.8. The minimum Gasteiger partial charge on any atom is -0.465 e. The van der Waals surface area contributed by atoms with Crippen molar-refractivity contribution in [3.8, 4) is 10.6 Å². The summed E-state index contributed by atoms with van der Waals surface area (Å²) in [5.74, 6) is -2.62. The largest absolute Gasteiger partial charge is 0.465 e. The summed E-state index contributed by atoms with van der Waals surface area (Å²) >= 11 is 6.59. The number of carboxylic acid groups (broad SMARTS) is 1. The Morgan fingerprint density at radius 2 is 1.93 bits per heavy atom. The number of carbonyl (C=O) groups excluding carboxylic acids is 1. The molecule has 2 aromatic heterocycles. The molecule has 1 aromatic carbocycles. The van der Waals surface area contributed by atoms with Gasteiger partial charge in [-0.3, -0.25) is 14.8 Å². The molecule has 0 saturated carbocycles. The average molecular weight is 414 g/mol. The Bertz CT molecular complexity index is 1030. The van der Waals surface area contributed by atoms with Gasteiger partial charge in [-0.1, -0.05) is 29.0 Å². The Kier molecular flexibility index (Phi) is 5.06. The van der Waals surface area contributed by atoms with Crippen LogP contribution in [0.4, 0.5) is 24.3 Å². The molecule has 3 aromatic rings. The van der Waals surface area contributed by atoms with E-state index in [1.165, 1.54) is 16.9 Å². The maximum atomic E-state index is 14.0. The summed E-state index contributed by atoms with van der Waals surface area (Å²) in [6.45, 7) is 0. The molecule has 3 N–H and O–H groups in total. The summed E-state index contributed by atoms with van der Waals surface area (Å²) in [7, 11) is 1.55. The molecule has 0 fully saturated rings. The number of nitrogens with zero attached hydrogens (tertiary/aromatic N) is 3. The number of anilines is 2. The second-order valence-electron chi connectivity index (χ2n) is 5.15. The Morgan fingerprint density at radius 1 is 1.26 bits per heavy atom. The molecule has 0 spiro atoms. The molecule has 0 aliphatic rings. The predicted molar refractivity (Wildman–Crippen MR) is 95.3 cm³/mol. The van der Waals surface area contributed by atoms with Gasteiger partial charge < -0.3 is 10.4 Å². The van der Waals surface area contributed by atoms with Gasteiger partial charge in [0.25, 0.3) is 5.91 Å². The van der Waals surface area contributed by atoms with E-state index in [-0.39, 0.29) is 26.5 Å². The molecule has 12 heteroatoms. The molecular weight excluding hydrogens is 404 g/mol. The van der Waals surface area contributed by atoms with Crippen LogP contribution in [0.5, 0.6) is 0 Å². The van der Waals surface area contributed by atoms with Gasteiger partial charge in [0.1, 0.15) is 26.8 Å². The zero-order chi connectivity index (χ0) is 19.7. The minimum atomic E-state index is -1.47. The van der Waals surface area contributed by atoms with Gasteiger partial charge in [0.05, 0.1) is 17.4 Å². The van der Waals surface area contributed by atoms with Crippen molar-refractivity contribution >= 4 is 45.6 Å². The number of carbonyl (C=O) groups is 2. The van der Waals surface area contributed by atoms with E-state index in [2.05, 4.69) is 15.4 Å². The Balaban J connectivity index is 2.03. The highest BCUT2D eigenvalue weighted by Gasteiger charge is 2.24. The van der Waals surface area contributed by atoms with Crippen LogP contribution < -0.4 is 10.6 Å². The van der Waals surface area contributed by atoms with Crippen LogP contribution in [0.1, 0.15) is 10.5 Å². The highest BCUT2D eigenvalue weighted by molar-refractivity contribution is 7.19. The van der Waals surface area contributed by atoms with Crippen LogP contribution >= 0.6 is 22.9 Å². The third kappa shape index (κ3) is 3.73. The lowest BCUT2D eigenvalue weighted by molar-refractivity contribution is 0.102. The number of benzene rings is 1. The number of aryl methyl sites for hydroxylation is 1. The first kappa shape index (κ1) is 18.7. The molecule has 0 bridgehead atoms. The van der Waals surface area contributed by atoms with Gasteiger partial charge in [-0.05, 0) is 12.1 Å². The van der Waals surface area contributed by atoms with Crippen molar-refractivity contribution in [2.24, 2.45) is 7.05 Å². The number of hydrogen-bond acceptors (Lipinski definition) is 5. The third-order valence-electron chi connectivity index (χ3n) is 3.35. The van der Waals surface area contributed by atoms with Crippen molar-refractivity contribution in [3.05, 3.63) is 46.9 Å². The van der Waals surface area contributed by atoms with Crippen LogP contribution in [-0.2, 0) is 7.05 Å². The number of amides is 2. The maximum absolute atomic E-state index is 14.0. The first-order valence-electron chi connectivity index (χ1n) is 7.22. The zero-order valence-electron chi connectivity index (χ0n) is 13.5. The van der Waals surface area contributed by atoms with Crippen molar-refractivity contribution in [3.63, 3.8) is 0 Å². The highest BCUT2D eigenvalue weighted by atomic mass is 35.5. The Hall–Kier alpha value is -3.05. The van der Waals surface area contributed by atoms with E-state index in [9.17, 15) is 18.4 Å². The number of nitrogens with one attached hydrogen (secondary N) is 2. The molecule has 0 atom stereocenters. The number of hydrogen-bond donors (Lipinski definition) is 3. The lowest BCUT2D eigenvalue weighted by Gasteiger charge is -2.03. The summed E-state index contributed by atoms with van der Waals surface area (Å²) in [6, 6.07) is 3.23. The number of rotatable bonds is 4. The maximum Gasteiger partial charge on any atom is 0.409 e. The van der Waals surface area contributed by atoms with Gasteiger partial charge in [-0.25, -0.2) is 18.6 Å². The van der Waals surface area contributed by atoms with E-state index in [4.69, 9.17) is 16.7 Å². The molecule has 140 valence electrons. The second kappa shape index (κ2) is 7.29. The molecule has 0 unspecified atom stereocenters. The molecule has 0 radical (unpaired) electrons. The van der Waals surface area contributed by atoms with Gasteiger partial charge in [0.2, 0.25) is 0 Å². The average Bonchev–Trinajstić information content (AvgIpc) is 3.13. The lowest BCUT2D eigenvalue weighted by atomic mass is 10.2. The van der Waals surface area contributed by atoms with Crippen LogP contribution in [0, 0.1) is 11.6 Å². The third-order valence-corrected chi connectivity index (χ3v) is 4.79. The molecule has 8 nitrogen and oxygen atoms in total. The van der Waals surface area contributed by atoms with Gasteiger partial charge >= 0.3 is 6.09 Å². The summed E-state index contributed by atoms with van der Waals surface area (Å²) in [5.41, 5.74) is -0.661. The summed E-state index contributed by atoms with van der Waals surface area (Å²) in [4.78, 5) is 27.4. The lowest BCUT2D eigenvalue weighted by Crippen LogP contribution is -2.16. The van der Waals surface area contributed by atoms with Crippen molar-refractivity contribution in [1.29, 1.82) is 0 Å². The number of halogens is 3. The van der Waals surface area contributed by atoms with Gasteiger partial charge in [-0.2, -0.15) is 5.10 Å². The number of aromatic nitrogens is 3. The molecule has 0 aliphatic carbocycles. The Labute approximate surface area is 159 Å². The SMILES string of the molecule is Cn1ncc(NC(=O)c2nc(-c3c(F)cccc3F)sc2NC(=O)O)c1Cl. The van der Waals surface area contributed by atoms with Crippen LogP contribution in [0.25, 0.3) is 10.6 Å². The standard InChI is InChI=1S/C15H10ClF2N5O3S/c1-23-11(16)8(5-19-23)20-12(24)10-14(22-15(25)26)27-13(21-10)9-6(17)3-2-4-7(9)18/h2-5,22H,1H3,(H,20,24)(H,25,26). The van der Waals surface area contributed by atoms with Gasteiger partial charge in [0, 0.05) is 7.05 Å². The molecule has 0 saturated heterocycles. The molecule has 0 aliphatic heterocycles. The van der Waals surface area contributed by atoms with E-state index in [1.807, 2.05) is 5.32 Å². The molecule has 2 heterocycles. The first-order valence-corrected chi connectivity index (χ1v) is 8.41. The zero-order valence-corrected chi connectivity index (χ0v) is 15.0. The van der Waals surface area contributed by atoms with Crippen LogP contribution in [0.3, 0.4) is 0 Å². The minimum absolute atomic E-state index is 0.131. The molecule has 2 amide bonds. The normalized spacial score (nSPS) is 10.7.